The molecular formula is C10H15N3O. The molecule has 1 aromatic heterocycles. The number of ether oxygens (including phenoxy) is 1. The fourth-order valence-electron chi connectivity index (χ4n) is 1.73. The zero-order valence-corrected chi connectivity index (χ0v) is 8.77. The van der Waals surface area contributed by atoms with E-state index in [0.29, 0.717) is 5.69 Å². The Labute approximate surface area is 83.2 Å². The molecule has 0 aliphatic carbocycles. The largest absolute Gasteiger partial charge is 0.464 e. The van der Waals surface area contributed by atoms with Crippen molar-refractivity contribution < 1.29 is 4.74 Å². The molecule has 2 rings (SSSR count). The molecule has 4 nitrogen and oxygen atoms in total. The molecule has 0 bridgehead atoms. The zero-order valence-electron chi connectivity index (χ0n) is 8.77. The van der Waals surface area contributed by atoms with Crippen LogP contribution in [0, 0.1) is 5.41 Å². The molecule has 2 heterocycles. The summed E-state index contributed by atoms with van der Waals surface area (Å²) in [7, 11) is 0. The average Bonchev–Trinajstić information content (AvgIpc) is 2.55. The van der Waals surface area contributed by atoms with Crippen LogP contribution in [-0.2, 0) is 16.8 Å². The van der Waals surface area contributed by atoms with Crippen molar-refractivity contribution in [1.29, 1.82) is 5.41 Å². The van der Waals surface area contributed by atoms with Crippen LogP contribution in [0.15, 0.2) is 0 Å². The van der Waals surface area contributed by atoms with Crippen molar-refractivity contribution in [3.05, 3.63) is 17.2 Å². The van der Waals surface area contributed by atoms with Crippen molar-refractivity contribution in [2.45, 2.75) is 39.2 Å². The molecule has 0 aromatic carbocycles. The van der Waals surface area contributed by atoms with Crippen LogP contribution in [0.25, 0.3) is 0 Å². The van der Waals surface area contributed by atoms with Crippen LogP contribution in [0.5, 0.6) is 0 Å². The fourth-order valence-corrected chi connectivity index (χ4v) is 1.73. The summed E-state index contributed by atoms with van der Waals surface area (Å²) in [6.45, 7) is 6.00. The van der Waals surface area contributed by atoms with Crippen LogP contribution < -0.4 is 0 Å². The second-order valence-electron chi connectivity index (χ2n) is 4.10. The van der Waals surface area contributed by atoms with Gasteiger partial charge in [-0.05, 0) is 20.3 Å². The molecule has 2 N–H and O–H groups in total. The number of aromatic amines is 1. The van der Waals surface area contributed by atoms with Gasteiger partial charge in [0.2, 0.25) is 5.90 Å². The van der Waals surface area contributed by atoms with E-state index in [4.69, 9.17) is 10.1 Å². The normalized spacial score (nSPS) is 18.1. The van der Waals surface area contributed by atoms with Gasteiger partial charge < -0.3 is 9.72 Å². The van der Waals surface area contributed by atoms with Crippen LogP contribution in [0.2, 0.25) is 0 Å². The van der Waals surface area contributed by atoms with Gasteiger partial charge in [0.25, 0.3) is 0 Å². The first kappa shape index (κ1) is 9.24. The van der Waals surface area contributed by atoms with Gasteiger partial charge in [-0.2, -0.15) is 0 Å². The minimum Gasteiger partial charge on any atom is -0.464 e. The predicted octanol–water partition coefficient (Wildman–Crippen LogP) is 1.95. The molecule has 0 atom stereocenters. The highest BCUT2D eigenvalue weighted by Gasteiger charge is 2.38. The van der Waals surface area contributed by atoms with E-state index in [1.54, 1.807) is 0 Å². The third-order valence-electron chi connectivity index (χ3n) is 2.41. The number of rotatable bonds is 2. The summed E-state index contributed by atoms with van der Waals surface area (Å²) >= 11 is 0. The van der Waals surface area contributed by atoms with Gasteiger partial charge in [0, 0.05) is 6.42 Å². The number of fused-ring (bicyclic) bond motifs is 1. The molecule has 0 fully saturated rings. The van der Waals surface area contributed by atoms with E-state index in [2.05, 4.69) is 16.9 Å². The number of aryl methyl sites for hydroxylation is 1. The van der Waals surface area contributed by atoms with E-state index in [9.17, 15) is 0 Å². The Morgan fingerprint density at radius 1 is 1.50 bits per heavy atom. The van der Waals surface area contributed by atoms with Crippen molar-refractivity contribution in [2.24, 2.45) is 0 Å². The summed E-state index contributed by atoms with van der Waals surface area (Å²) < 4.78 is 5.38. The lowest BCUT2D eigenvalue weighted by Gasteiger charge is -2.16. The molecule has 0 spiro atoms. The Kier molecular flexibility index (Phi) is 1.87. The molecule has 0 amide bonds. The van der Waals surface area contributed by atoms with Crippen LogP contribution in [0.1, 0.15) is 44.4 Å². The number of hydrogen-bond donors (Lipinski definition) is 2. The van der Waals surface area contributed by atoms with Crippen LogP contribution in [-0.4, -0.2) is 15.9 Å². The van der Waals surface area contributed by atoms with E-state index >= 15 is 0 Å². The third kappa shape index (κ3) is 1.22. The smallest absolute Gasteiger partial charge is 0.235 e. The number of nitrogens with zero attached hydrogens (tertiary/aromatic N) is 1. The maximum atomic E-state index is 7.63. The summed E-state index contributed by atoms with van der Waals surface area (Å²) in [4.78, 5) is 7.59. The molecule has 14 heavy (non-hydrogen) atoms. The van der Waals surface area contributed by atoms with Crippen molar-refractivity contribution in [3.63, 3.8) is 0 Å². The van der Waals surface area contributed by atoms with Crippen molar-refractivity contribution >= 4 is 5.90 Å². The summed E-state index contributed by atoms with van der Waals surface area (Å²) in [5.74, 6) is 1.14. The quantitative estimate of drug-likeness (QED) is 0.754. The van der Waals surface area contributed by atoms with Crippen molar-refractivity contribution in [2.75, 3.05) is 0 Å². The molecule has 0 unspecified atom stereocenters. The third-order valence-corrected chi connectivity index (χ3v) is 2.41. The maximum absolute atomic E-state index is 7.63. The molecule has 1 aliphatic heterocycles. The first-order valence-corrected chi connectivity index (χ1v) is 4.92. The monoisotopic (exact) mass is 193 g/mol. The number of imidazole rings is 1. The molecule has 1 aromatic rings. The van der Waals surface area contributed by atoms with Crippen LogP contribution >= 0.6 is 0 Å². The highest BCUT2D eigenvalue weighted by molar-refractivity contribution is 5.94. The second-order valence-corrected chi connectivity index (χ2v) is 4.10. The van der Waals surface area contributed by atoms with Gasteiger partial charge in [-0.15, -0.1) is 0 Å². The lowest BCUT2D eigenvalue weighted by atomic mass is 10.1. The lowest BCUT2D eigenvalue weighted by Crippen LogP contribution is -2.17. The first-order chi connectivity index (χ1) is 6.54. The number of aromatic nitrogens is 2. The average molecular weight is 193 g/mol. The fraction of sp³-hybridized carbons (Fsp3) is 0.600. The molecule has 76 valence electrons. The molecule has 0 saturated carbocycles. The standard InChI is InChI=1S/C10H15N3O/c1-4-5-6-12-7-8(13-6)10(2,3)14-9(7)11/h11H,4-5H2,1-3H3,(H,12,13). The van der Waals surface area contributed by atoms with Gasteiger partial charge in [0.15, 0.2) is 0 Å². The summed E-state index contributed by atoms with van der Waals surface area (Å²) in [5, 5.41) is 7.63. The highest BCUT2D eigenvalue weighted by atomic mass is 16.5. The first-order valence-electron chi connectivity index (χ1n) is 4.92. The molecule has 4 heteroatoms. The Balaban J connectivity index is 2.42. The topological polar surface area (TPSA) is 61.8 Å². The lowest BCUT2D eigenvalue weighted by molar-refractivity contribution is 0.105. The molecule has 0 saturated heterocycles. The zero-order chi connectivity index (χ0) is 10.3. The van der Waals surface area contributed by atoms with Crippen LogP contribution in [0.3, 0.4) is 0 Å². The van der Waals surface area contributed by atoms with E-state index < -0.39 is 5.60 Å². The van der Waals surface area contributed by atoms with E-state index in [0.717, 1.165) is 24.4 Å². The number of nitrogens with one attached hydrogen (secondary N) is 2. The van der Waals surface area contributed by atoms with Gasteiger partial charge >= 0.3 is 0 Å². The van der Waals surface area contributed by atoms with Crippen molar-refractivity contribution in [1.82, 2.24) is 9.97 Å². The van der Waals surface area contributed by atoms with Gasteiger partial charge in [-0.1, -0.05) is 6.92 Å². The minimum atomic E-state index is -0.425. The van der Waals surface area contributed by atoms with Gasteiger partial charge in [0.1, 0.15) is 17.1 Å². The van der Waals surface area contributed by atoms with E-state index in [1.165, 1.54) is 0 Å². The Morgan fingerprint density at radius 2 is 2.21 bits per heavy atom. The van der Waals surface area contributed by atoms with Gasteiger partial charge in [-0.3, -0.25) is 5.41 Å². The second kappa shape index (κ2) is 2.83. The molecule has 0 radical (unpaired) electrons. The van der Waals surface area contributed by atoms with Crippen molar-refractivity contribution in [3.8, 4) is 0 Å². The Hall–Kier alpha value is -1.32. The maximum Gasteiger partial charge on any atom is 0.235 e. The van der Waals surface area contributed by atoms with E-state index in [1.807, 2.05) is 13.8 Å². The number of hydrogen-bond acceptors (Lipinski definition) is 3. The number of H-pyrrole nitrogens is 1. The van der Waals surface area contributed by atoms with Gasteiger partial charge in [-0.25, -0.2) is 4.98 Å². The Morgan fingerprint density at radius 3 is 2.79 bits per heavy atom. The summed E-state index contributed by atoms with van der Waals surface area (Å²) in [6, 6.07) is 0. The SMILES string of the molecule is CCCc1nc2c([nH]1)C(C)(C)OC2=N. The van der Waals surface area contributed by atoms with E-state index in [-0.39, 0.29) is 5.90 Å². The van der Waals surface area contributed by atoms with Crippen LogP contribution in [0.4, 0.5) is 0 Å². The predicted molar refractivity (Wildman–Crippen MR) is 53.5 cm³/mol. The molecule has 1 aliphatic rings. The Bertz CT molecular complexity index is 379. The minimum absolute atomic E-state index is 0.184. The summed E-state index contributed by atoms with van der Waals surface area (Å²) in [6.07, 6.45) is 1.98. The van der Waals surface area contributed by atoms with Gasteiger partial charge in [0.05, 0.1) is 5.69 Å². The highest BCUT2D eigenvalue weighted by Crippen LogP contribution is 2.33. The molecular weight excluding hydrogens is 178 g/mol. The summed E-state index contributed by atoms with van der Waals surface area (Å²) in [5.41, 5.74) is 1.19.